The molecule has 2 N–H and O–H groups in total. The minimum Gasteiger partial charge on any atom is -0.481 e. The summed E-state index contributed by atoms with van der Waals surface area (Å²) in [5.41, 5.74) is 3.00. The highest BCUT2D eigenvalue weighted by atomic mass is 16.4. The van der Waals surface area contributed by atoms with Crippen molar-refractivity contribution >= 4 is 11.9 Å². The highest BCUT2D eigenvalue weighted by Gasteiger charge is 2.33. The number of hydrogen-bond acceptors (Lipinski definition) is 2. The lowest BCUT2D eigenvalue weighted by Crippen LogP contribution is -2.31. The zero-order valence-corrected chi connectivity index (χ0v) is 15.8. The summed E-state index contributed by atoms with van der Waals surface area (Å²) in [5.74, 6) is -3.82. The lowest BCUT2D eigenvalue weighted by molar-refractivity contribution is -0.154. The molecule has 0 aromatic heterocycles. The molecule has 4 nitrogen and oxygen atoms in total. The maximum absolute atomic E-state index is 11.8. The topological polar surface area (TPSA) is 74.6 Å². The van der Waals surface area contributed by atoms with Crippen molar-refractivity contribution in [1.29, 1.82) is 0 Å². The Bertz CT molecular complexity index is 722. The molecule has 0 aliphatic carbocycles. The molecule has 0 unspecified atom stereocenters. The fraction of sp³-hybridized carbons (Fsp3) is 0.391. The lowest BCUT2D eigenvalue weighted by atomic mass is 9.83. The summed E-state index contributed by atoms with van der Waals surface area (Å²) in [6, 6.07) is 17.7. The van der Waals surface area contributed by atoms with E-state index in [1.165, 1.54) is 0 Å². The third-order valence-corrected chi connectivity index (χ3v) is 5.01. The van der Waals surface area contributed by atoms with Gasteiger partial charge in [0, 0.05) is 0 Å². The van der Waals surface area contributed by atoms with Crippen LogP contribution in [0.25, 0.3) is 11.1 Å². The van der Waals surface area contributed by atoms with Gasteiger partial charge in [0.25, 0.3) is 0 Å². The molecule has 27 heavy (non-hydrogen) atoms. The van der Waals surface area contributed by atoms with Crippen LogP contribution in [-0.4, -0.2) is 22.2 Å². The van der Waals surface area contributed by atoms with E-state index in [0.29, 0.717) is 6.42 Å². The lowest BCUT2D eigenvalue weighted by Gasteiger charge is -2.20. The molecule has 4 heteroatoms. The van der Waals surface area contributed by atoms with Gasteiger partial charge in [0.15, 0.2) is 0 Å². The highest BCUT2D eigenvalue weighted by molar-refractivity contribution is 5.80. The number of hydrogen-bond donors (Lipinski definition) is 2. The summed E-state index contributed by atoms with van der Waals surface area (Å²) in [4.78, 5) is 23.4. The van der Waals surface area contributed by atoms with Crippen LogP contribution in [0.4, 0.5) is 0 Å². The van der Waals surface area contributed by atoms with E-state index in [-0.39, 0.29) is 6.42 Å². The number of aliphatic carboxylic acids is 2. The first-order valence-electron chi connectivity index (χ1n) is 9.63. The van der Waals surface area contributed by atoms with Gasteiger partial charge in [-0.2, -0.15) is 0 Å². The molecule has 2 aromatic carbocycles. The quantitative estimate of drug-likeness (QED) is 0.530. The van der Waals surface area contributed by atoms with Crippen molar-refractivity contribution in [3.8, 4) is 11.1 Å². The summed E-state index contributed by atoms with van der Waals surface area (Å²) in [7, 11) is 0. The third-order valence-electron chi connectivity index (χ3n) is 5.01. The molecule has 0 bridgehead atoms. The van der Waals surface area contributed by atoms with Crippen molar-refractivity contribution in [2.75, 3.05) is 0 Å². The molecule has 0 heterocycles. The van der Waals surface area contributed by atoms with Crippen molar-refractivity contribution in [2.45, 2.75) is 45.4 Å². The predicted octanol–water partition coefficient (Wildman–Crippen LogP) is 5.27. The number of carboxylic acids is 2. The Kier molecular flexibility index (Phi) is 8.05. The SMILES string of the molecule is CCCCCC[C@H](C(=O)O)[C@H](Cc1ccc(-c2ccccc2)cc1)C(=O)O. The molecular formula is C23H28O4. The second kappa shape index (κ2) is 10.5. The van der Waals surface area contributed by atoms with E-state index in [0.717, 1.165) is 42.4 Å². The Hall–Kier alpha value is -2.62. The van der Waals surface area contributed by atoms with E-state index in [9.17, 15) is 19.8 Å². The smallest absolute Gasteiger partial charge is 0.307 e. The molecular weight excluding hydrogens is 340 g/mol. The summed E-state index contributed by atoms with van der Waals surface area (Å²) in [6.07, 6.45) is 4.45. The number of benzene rings is 2. The van der Waals surface area contributed by atoms with Crippen molar-refractivity contribution in [1.82, 2.24) is 0 Å². The molecule has 144 valence electrons. The first-order valence-corrected chi connectivity index (χ1v) is 9.63. The maximum atomic E-state index is 11.8. The molecule has 2 aromatic rings. The third kappa shape index (κ3) is 6.24. The van der Waals surface area contributed by atoms with Crippen LogP contribution in [0.15, 0.2) is 54.6 Å². The second-order valence-electron chi connectivity index (χ2n) is 7.01. The molecule has 0 amide bonds. The van der Waals surface area contributed by atoms with Gasteiger partial charge < -0.3 is 10.2 Å². The van der Waals surface area contributed by atoms with Crippen LogP contribution in [0.1, 0.15) is 44.6 Å². The minimum atomic E-state index is -1.04. The van der Waals surface area contributed by atoms with Crippen LogP contribution >= 0.6 is 0 Å². The summed E-state index contributed by atoms with van der Waals surface area (Å²) in [6.45, 7) is 2.09. The molecule has 2 rings (SSSR count). The Morgan fingerprint density at radius 3 is 1.93 bits per heavy atom. The first-order chi connectivity index (χ1) is 13.0. The van der Waals surface area contributed by atoms with Crippen LogP contribution in [-0.2, 0) is 16.0 Å². The molecule has 0 spiro atoms. The van der Waals surface area contributed by atoms with Gasteiger partial charge in [0.1, 0.15) is 0 Å². The van der Waals surface area contributed by atoms with E-state index in [4.69, 9.17) is 0 Å². The standard InChI is InChI=1S/C23H28O4/c1-2-3-4-8-11-20(22(24)25)21(23(26)27)16-17-12-14-19(15-13-17)18-9-6-5-7-10-18/h5-7,9-10,12-15,20-21H,2-4,8,11,16H2,1H3,(H,24,25)(H,26,27)/t20-,21-/m0/s1. The van der Waals surface area contributed by atoms with Crippen molar-refractivity contribution in [3.63, 3.8) is 0 Å². The average Bonchev–Trinajstić information content (AvgIpc) is 2.67. The minimum absolute atomic E-state index is 0.231. The summed E-state index contributed by atoms with van der Waals surface area (Å²) < 4.78 is 0. The van der Waals surface area contributed by atoms with Gasteiger partial charge in [-0.25, -0.2) is 0 Å². The fourth-order valence-electron chi connectivity index (χ4n) is 3.41. The van der Waals surface area contributed by atoms with E-state index in [1.54, 1.807) is 0 Å². The largest absolute Gasteiger partial charge is 0.481 e. The summed E-state index contributed by atoms with van der Waals surface area (Å²) in [5, 5.41) is 19.2. The fourth-order valence-corrected chi connectivity index (χ4v) is 3.41. The van der Waals surface area contributed by atoms with E-state index < -0.39 is 23.8 Å². The number of rotatable bonds is 11. The predicted molar refractivity (Wildman–Crippen MR) is 107 cm³/mol. The summed E-state index contributed by atoms with van der Waals surface area (Å²) >= 11 is 0. The van der Waals surface area contributed by atoms with Crippen LogP contribution < -0.4 is 0 Å². The Labute approximate surface area is 160 Å². The van der Waals surface area contributed by atoms with Crippen molar-refractivity contribution < 1.29 is 19.8 Å². The van der Waals surface area contributed by atoms with Crippen LogP contribution in [0.2, 0.25) is 0 Å². The zero-order chi connectivity index (χ0) is 19.6. The molecule has 0 fully saturated rings. The van der Waals surface area contributed by atoms with Crippen LogP contribution in [0, 0.1) is 11.8 Å². The normalized spacial score (nSPS) is 13.1. The first kappa shape index (κ1) is 20.7. The number of carboxylic acid groups (broad SMARTS) is 2. The second-order valence-corrected chi connectivity index (χ2v) is 7.01. The Morgan fingerprint density at radius 1 is 0.778 bits per heavy atom. The highest BCUT2D eigenvalue weighted by Crippen LogP contribution is 2.26. The van der Waals surface area contributed by atoms with E-state index in [2.05, 4.69) is 6.92 Å². The van der Waals surface area contributed by atoms with Gasteiger partial charge in [-0.15, -0.1) is 0 Å². The van der Waals surface area contributed by atoms with Gasteiger partial charge in [0.05, 0.1) is 11.8 Å². The maximum Gasteiger partial charge on any atom is 0.307 e. The average molecular weight is 368 g/mol. The molecule has 0 saturated carbocycles. The van der Waals surface area contributed by atoms with Gasteiger partial charge in [-0.3, -0.25) is 9.59 Å². The molecule has 2 atom stereocenters. The number of unbranched alkanes of at least 4 members (excludes halogenated alkanes) is 3. The van der Waals surface area contributed by atoms with E-state index in [1.807, 2.05) is 54.6 Å². The Balaban J connectivity index is 2.09. The monoisotopic (exact) mass is 368 g/mol. The van der Waals surface area contributed by atoms with Crippen LogP contribution in [0.3, 0.4) is 0 Å². The van der Waals surface area contributed by atoms with Gasteiger partial charge in [-0.05, 0) is 29.5 Å². The van der Waals surface area contributed by atoms with Gasteiger partial charge in [-0.1, -0.05) is 87.2 Å². The van der Waals surface area contributed by atoms with Crippen LogP contribution in [0.5, 0.6) is 0 Å². The van der Waals surface area contributed by atoms with Crippen molar-refractivity contribution in [3.05, 3.63) is 60.2 Å². The molecule has 0 aliphatic rings. The molecule has 0 radical (unpaired) electrons. The molecule has 0 aliphatic heterocycles. The number of carbonyl (C=O) groups is 2. The Morgan fingerprint density at radius 2 is 1.37 bits per heavy atom. The van der Waals surface area contributed by atoms with Gasteiger partial charge in [0.2, 0.25) is 0 Å². The molecule has 0 saturated heterocycles. The zero-order valence-electron chi connectivity index (χ0n) is 15.8. The van der Waals surface area contributed by atoms with Crippen molar-refractivity contribution in [2.24, 2.45) is 11.8 Å². The van der Waals surface area contributed by atoms with E-state index >= 15 is 0 Å². The van der Waals surface area contributed by atoms with Gasteiger partial charge >= 0.3 is 11.9 Å².